The predicted molar refractivity (Wildman–Crippen MR) is 64.0 cm³/mol. The lowest BCUT2D eigenvalue weighted by Gasteiger charge is -2.25. The van der Waals surface area contributed by atoms with E-state index in [2.05, 4.69) is 5.32 Å². The molecule has 1 unspecified atom stereocenters. The second kappa shape index (κ2) is 7.63. The van der Waals surface area contributed by atoms with Crippen molar-refractivity contribution in [2.75, 3.05) is 13.2 Å². The van der Waals surface area contributed by atoms with Crippen molar-refractivity contribution in [2.24, 2.45) is 5.92 Å². The number of hydrogen-bond donors (Lipinski definition) is 3. The molecule has 0 fully saturated rings. The van der Waals surface area contributed by atoms with Crippen molar-refractivity contribution in [1.82, 2.24) is 5.32 Å². The molecule has 96 valence electrons. The lowest BCUT2D eigenvalue weighted by Crippen LogP contribution is -2.41. The Balaban J connectivity index is 3.72. The normalized spacial score (nSPS) is 14.9. The first-order chi connectivity index (χ1) is 7.37. The first-order valence-corrected chi connectivity index (χ1v) is 5.97. The lowest BCUT2D eigenvalue weighted by molar-refractivity contribution is -0.122. The number of unbranched alkanes of at least 4 members (excludes halogenated alkanes) is 1. The van der Waals surface area contributed by atoms with Gasteiger partial charge in [-0.2, -0.15) is 0 Å². The van der Waals surface area contributed by atoms with Gasteiger partial charge >= 0.3 is 0 Å². The Bertz CT molecular complexity index is 202. The minimum Gasteiger partial charge on any atom is -0.396 e. The van der Waals surface area contributed by atoms with E-state index in [1.807, 2.05) is 13.8 Å². The Labute approximate surface area is 98.1 Å². The summed E-state index contributed by atoms with van der Waals surface area (Å²) < 4.78 is 0. The molecule has 3 N–H and O–H groups in total. The first kappa shape index (κ1) is 15.4. The zero-order valence-corrected chi connectivity index (χ0v) is 10.6. The van der Waals surface area contributed by atoms with Crippen molar-refractivity contribution >= 4 is 5.91 Å². The molecule has 0 saturated heterocycles. The van der Waals surface area contributed by atoms with Crippen molar-refractivity contribution in [3.63, 3.8) is 0 Å². The van der Waals surface area contributed by atoms with Crippen molar-refractivity contribution in [3.8, 4) is 0 Å². The molecule has 0 aromatic carbocycles. The molecule has 16 heavy (non-hydrogen) atoms. The van der Waals surface area contributed by atoms with Crippen LogP contribution < -0.4 is 5.32 Å². The van der Waals surface area contributed by atoms with Crippen molar-refractivity contribution < 1.29 is 15.0 Å². The molecular formula is C12H25NO3. The van der Waals surface area contributed by atoms with E-state index in [0.29, 0.717) is 38.1 Å². The van der Waals surface area contributed by atoms with E-state index in [1.165, 1.54) is 0 Å². The number of nitrogens with one attached hydrogen (secondary N) is 1. The standard InChI is InChI=1S/C12H25NO3/c1-10(2)8-12(3,16)9-13-11(15)6-4-5-7-14/h10,14,16H,4-9H2,1-3H3,(H,13,15). The number of aliphatic hydroxyl groups excluding tert-OH is 1. The van der Waals surface area contributed by atoms with Gasteiger partial charge in [-0.25, -0.2) is 0 Å². The fourth-order valence-electron chi connectivity index (χ4n) is 1.73. The van der Waals surface area contributed by atoms with E-state index >= 15 is 0 Å². The molecule has 1 amide bonds. The Kier molecular flexibility index (Phi) is 7.34. The molecule has 1 atom stereocenters. The number of carbonyl (C=O) groups is 1. The number of rotatable bonds is 8. The topological polar surface area (TPSA) is 69.6 Å². The Morgan fingerprint density at radius 2 is 2.00 bits per heavy atom. The van der Waals surface area contributed by atoms with Crippen LogP contribution in [-0.2, 0) is 4.79 Å². The Morgan fingerprint density at radius 1 is 1.38 bits per heavy atom. The summed E-state index contributed by atoms with van der Waals surface area (Å²) in [6.45, 7) is 6.23. The van der Waals surface area contributed by atoms with Gasteiger partial charge in [0.25, 0.3) is 0 Å². The summed E-state index contributed by atoms with van der Waals surface area (Å²) in [6.07, 6.45) is 2.42. The molecule has 0 aliphatic heterocycles. The fraction of sp³-hybridized carbons (Fsp3) is 0.917. The maximum absolute atomic E-state index is 11.3. The van der Waals surface area contributed by atoms with E-state index in [9.17, 15) is 9.90 Å². The molecule has 0 aliphatic rings. The van der Waals surface area contributed by atoms with Gasteiger partial charge in [0.1, 0.15) is 0 Å². The minimum absolute atomic E-state index is 0.0579. The average Bonchev–Trinajstić information content (AvgIpc) is 2.13. The van der Waals surface area contributed by atoms with Gasteiger partial charge in [0.05, 0.1) is 5.60 Å². The summed E-state index contributed by atoms with van der Waals surface area (Å²) in [5.74, 6) is 0.346. The van der Waals surface area contributed by atoms with E-state index in [4.69, 9.17) is 5.11 Å². The molecular weight excluding hydrogens is 206 g/mol. The zero-order valence-electron chi connectivity index (χ0n) is 10.6. The molecule has 0 bridgehead atoms. The SMILES string of the molecule is CC(C)CC(C)(O)CNC(=O)CCCCO. The molecule has 0 aromatic rings. The highest BCUT2D eigenvalue weighted by Gasteiger charge is 2.22. The summed E-state index contributed by atoms with van der Waals surface area (Å²) in [5.41, 5.74) is -0.833. The van der Waals surface area contributed by atoms with Gasteiger partial charge in [0.15, 0.2) is 0 Å². The first-order valence-electron chi connectivity index (χ1n) is 5.97. The summed E-state index contributed by atoms with van der Waals surface area (Å²) >= 11 is 0. The highest BCUT2D eigenvalue weighted by molar-refractivity contribution is 5.75. The van der Waals surface area contributed by atoms with Gasteiger partial charge in [0, 0.05) is 19.6 Å². The van der Waals surface area contributed by atoms with Crippen LogP contribution in [0.25, 0.3) is 0 Å². The lowest BCUT2D eigenvalue weighted by atomic mass is 9.94. The quantitative estimate of drug-likeness (QED) is 0.547. The van der Waals surface area contributed by atoms with Gasteiger partial charge in [-0.3, -0.25) is 4.79 Å². The third-order valence-electron chi connectivity index (χ3n) is 2.33. The number of aliphatic hydroxyl groups is 2. The Hall–Kier alpha value is -0.610. The molecule has 4 nitrogen and oxygen atoms in total. The van der Waals surface area contributed by atoms with Crippen LogP contribution in [0.2, 0.25) is 0 Å². The van der Waals surface area contributed by atoms with E-state index in [-0.39, 0.29) is 12.5 Å². The van der Waals surface area contributed by atoms with Gasteiger partial charge in [-0.1, -0.05) is 13.8 Å². The zero-order chi connectivity index (χ0) is 12.6. The van der Waals surface area contributed by atoms with Crippen LogP contribution in [0.15, 0.2) is 0 Å². The summed E-state index contributed by atoms with van der Waals surface area (Å²) in [7, 11) is 0. The minimum atomic E-state index is -0.833. The van der Waals surface area contributed by atoms with Crippen LogP contribution >= 0.6 is 0 Å². The average molecular weight is 231 g/mol. The number of amides is 1. The number of hydrogen-bond acceptors (Lipinski definition) is 3. The van der Waals surface area contributed by atoms with Crippen molar-refractivity contribution in [3.05, 3.63) is 0 Å². The summed E-state index contributed by atoms with van der Waals surface area (Å²) in [4.78, 5) is 11.3. The van der Waals surface area contributed by atoms with Crippen LogP contribution in [0, 0.1) is 5.92 Å². The van der Waals surface area contributed by atoms with Crippen LogP contribution in [0.3, 0.4) is 0 Å². The molecule has 0 saturated carbocycles. The summed E-state index contributed by atoms with van der Waals surface area (Å²) in [6, 6.07) is 0. The highest BCUT2D eigenvalue weighted by Crippen LogP contribution is 2.15. The van der Waals surface area contributed by atoms with Gasteiger partial charge < -0.3 is 15.5 Å². The fourth-order valence-corrected chi connectivity index (χ4v) is 1.73. The monoisotopic (exact) mass is 231 g/mol. The van der Waals surface area contributed by atoms with Crippen LogP contribution in [-0.4, -0.2) is 34.9 Å². The second-order valence-electron chi connectivity index (χ2n) is 5.05. The van der Waals surface area contributed by atoms with Gasteiger partial charge in [0.2, 0.25) is 5.91 Å². The second-order valence-corrected chi connectivity index (χ2v) is 5.05. The third-order valence-corrected chi connectivity index (χ3v) is 2.33. The largest absolute Gasteiger partial charge is 0.396 e. The molecule has 0 aromatic heterocycles. The van der Waals surface area contributed by atoms with E-state index < -0.39 is 5.60 Å². The van der Waals surface area contributed by atoms with Gasteiger partial charge in [-0.05, 0) is 32.1 Å². The molecule has 0 heterocycles. The van der Waals surface area contributed by atoms with E-state index in [0.717, 1.165) is 0 Å². The molecule has 0 aliphatic carbocycles. The number of carbonyl (C=O) groups excluding carboxylic acids is 1. The maximum atomic E-state index is 11.3. The smallest absolute Gasteiger partial charge is 0.220 e. The predicted octanol–water partition coefficient (Wildman–Crippen LogP) is 1.06. The van der Waals surface area contributed by atoms with Crippen molar-refractivity contribution in [2.45, 2.75) is 52.1 Å². The molecule has 0 spiro atoms. The molecule has 4 heteroatoms. The highest BCUT2D eigenvalue weighted by atomic mass is 16.3. The van der Waals surface area contributed by atoms with Crippen LogP contribution in [0.5, 0.6) is 0 Å². The van der Waals surface area contributed by atoms with Crippen LogP contribution in [0.1, 0.15) is 46.5 Å². The maximum Gasteiger partial charge on any atom is 0.220 e. The van der Waals surface area contributed by atoms with Crippen molar-refractivity contribution in [1.29, 1.82) is 0 Å². The summed E-state index contributed by atoms with van der Waals surface area (Å²) in [5, 5.41) is 21.2. The molecule has 0 rings (SSSR count). The third kappa shape index (κ3) is 8.68. The van der Waals surface area contributed by atoms with Gasteiger partial charge in [-0.15, -0.1) is 0 Å². The Morgan fingerprint density at radius 3 is 2.50 bits per heavy atom. The molecule has 0 radical (unpaired) electrons. The van der Waals surface area contributed by atoms with Crippen LogP contribution in [0.4, 0.5) is 0 Å². The van der Waals surface area contributed by atoms with E-state index in [1.54, 1.807) is 6.92 Å².